The predicted octanol–water partition coefficient (Wildman–Crippen LogP) is 1.22. The van der Waals surface area contributed by atoms with Gasteiger partial charge in [-0.25, -0.2) is 4.39 Å². The summed E-state index contributed by atoms with van der Waals surface area (Å²) < 4.78 is 13.3. The molecule has 1 aromatic carbocycles. The van der Waals surface area contributed by atoms with E-state index in [4.69, 9.17) is 5.73 Å². The third-order valence-electron chi connectivity index (χ3n) is 2.11. The van der Waals surface area contributed by atoms with Gasteiger partial charge in [-0.2, -0.15) is 0 Å². The SMILES string of the molecule is Cc1cc(F)c(C(O)CCN)cc1O. The number of nitrogens with two attached hydrogens (primary N) is 1. The lowest BCUT2D eigenvalue weighted by Gasteiger charge is -2.12. The Morgan fingerprint density at radius 3 is 2.71 bits per heavy atom. The van der Waals surface area contributed by atoms with E-state index >= 15 is 0 Å². The van der Waals surface area contributed by atoms with Gasteiger partial charge in [0.2, 0.25) is 0 Å². The molecule has 4 N–H and O–H groups in total. The monoisotopic (exact) mass is 199 g/mol. The number of phenols is 1. The minimum atomic E-state index is -0.952. The molecular formula is C10H14FNO2. The average molecular weight is 199 g/mol. The molecular weight excluding hydrogens is 185 g/mol. The first-order chi connectivity index (χ1) is 6.56. The number of aliphatic hydroxyl groups excluding tert-OH is 1. The third kappa shape index (κ3) is 2.21. The molecule has 0 saturated carbocycles. The molecule has 0 fully saturated rings. The standard InChI is InChI=1S/C10H14FNO2/c1-6-4-8(11)7(5-10(6)14)9(13)2-3-12/h4-5,9,13-14H,2-3,12H2,1H3. The molecule has 3 nitrogen and oxygen atoms in total. The Bertz CT molecular complexity index is 328. The van der Waals surface area contributed by atoms with E-state index in [9.17, 15) is 14.6 Å². The highest BCUT2D eigenvalue weighted by Crippen LogP contribution is 2.26. The Labute approximate surface area is 82.0 Å². The van der Waals surface area contributed by atoms with E-state index in [1.807, 2.05) is 0 Å². The number of hydrogen-bond donors (Lipinski definition) is 3. The van der Waals surface area contributed by atoms with Gasteiger partial charge in [0, 0.05) is 5.56 Å². The van der Waals surface area contributed by atoms with Crippen LogP contribution in [0, 0.1) is 12.7 Å². The zero-order valence-corrected chi connectivity index (χ0v) is 8.00. The van der Waals surface area contributed by atoms with E-state index in [1.165, 1.54) is 12.1 Å². The Morgan fingerprint density at radius 2 is 2.14 bits per heavy atom. The van der Waals surface area contributed by atoms with Crippen LogP contribution in [0.2, 0.25) is 0 Å². The molecule has 0 spiro atoms. The van der Waals surface area contributed by atoms with E-state index in [-0.39, 0.29) is 24.3 Å². The van der Waals surface area contributed by atoms with Crippen LogP contribution in [-0.4, -0.2) is 16.8 Å². The molecule has 78 valence electrons. The highest BCUT2D eigenvalue weighted by molar-refractivity contribution is 5.37. The van der Waals surface area contributed by atoms with Crippen LogP contribution in [0.4, 0.5) is 4.39 Å². The summed E-state index contributed by atoms with van der Waals surface area (Å²) in [6.07, 6.45) is -0.675. The molecule has 0 aromatic heterocycles. The maximum absolute atomic E-state index is 13.3. The van der Waals surface area contributed by atoms with Crippen LogP contribution >= 0.6 is 0 Å². The van der Waals surface area contributed by atoms with E-state index in [1.54, 1.807) is 6.92 Å². The molecule has 1 atom stereocenters. The molecule has 0 bridgehead atoms. The van der Waals surface area contributed by atoms with Crippen molar-refractivity contribution in [1.29, 1.82) is 0 Å². The Morgan fingerprint density at radius 1 is 1.50 bits per heavy atom. The zero-order valence-electron chi connectivity index (χ0n) is 8.00. The van der Waals surface area contributed by atoms with Crippen LogP contribution in [0.5, 0.6) is 5.75 Å². The van der Waals surface area contributed by atoms with E-state index in [0.717, 1.165) is 0 Å². The number of aliphatic hydroxyl groups is 1. The largest absolute Gasteiger partial charge is 0.508 e. The maximum Gasteiger partial charge on any atom is 0.129 e. The summed E-state index contributed by atoms with van der Waals surface area (Å²) in [5.41, 5.74) is 5.79. The Kier molecular flexibility index (Phi) is 3.43. The second-order valence-corrected chi connectivity index (χ2v) is 3.25. The predicted molar refractivity (Wildman–Crippen MR) is 51.4 cm³/mol. The lowest BCUT2D eigenvalue weighted by atomic mass is 10.0. The van der Waals surface area contributed by atoms with Gasteiger partial charge in [-0.05, 0) is 37.6 Å². The summed E-state index contributed by atoms with van der Waals surface area (Å²) in [5.74, 6) is -0.529. The lowest BCUT2D eigenvalue weighted by molar-refractivity contribution is 0.165. The van der Waals surface area contributed by atoms with Gasteiger partial charge in [0.05, 0.1) is 6.10 Å². The fraction of sp³-hybridized carbons (Fsp3) is 0.400. The first-order valence-electron chi connectivity index (χ1n) is 4.43. The van der Waals surface area contributed by atoms with Gasteiger partial charge in [-0.3, -0.25) is 0 Å². The molecule has 0 aliphatic rings. The minimum absolute atomic E-state index is 0.0162. The second kappa shape index (κ2) is 4.39. The molecule has 1 unspecified atom stereocenters. The van der Waals surface area contributed by atoms with Crippen LogP contribution in [0.1, 0.15) is 23.7 Å². The van der Waals surface area contributed by atoms with Crippen molar-refractivity contribution in [1.82, 2.24) is 0 Å². The van der Waals surface area contributed by atoms with Gasteiger partial charge in [-0.15, -0.1) is 0 Å². The molecule has 0 radical (unpaired) electrons. The number of aromatic hydroxyl groups is 1. The van der Waals surface area contributed by atoms with Crippen molar-refractivity contribution in [2.75, 3.05) is 6.54 Å². The maximum atomic E-state index is 13.3. The molecule has 0 amide bonds. The first-order valence-corrected chi connectivity index (χ1v) is 4.43. The third-order valence-corrected chi connectivity index (χ3v) is 2.11. The second-order valence-electron chi connectivity index (χ2n) is 3.25. The van der Waals surface area contributed by atoms with Crippen LogP contribution in [0.3, 0.4) is 0 Å². The number of hydrogen-bond acceptors (Lipinski definition) is 3. The molecule has 0 heterocycles. The zero-order chi connectivity index (χ0) is 10.7. The average Bonchev–Trinajstić information content (AvgIpc) is 2.11. The highest BCUT2D eigenvalue weighted by Gasteiger charge is 2.14. The molecule has 1 rings (SSSR count). The number of aryl methyl sites for hydroxylation is 1. The van der Waals surface area contributed by atoms with Gasteiger partial charge in [0.1, 0.15) is 11.6 Å². The van der Waals surface area contributed by atoms with Gasteiger partial charge < -0.3 is 15.9 Å². The fourth-order valence-electron chi connectivity index (χ4n) is 1.25. The van der Waals surface area contributed by atoms with Gasteiger partial charge in [0.15, 0.2) is 0 Å². The van der Waals surface area contributed by atoms with Gasteiger partial charge >= 0.3 is 0 Å². The van der Waals surface area contributed by atoms with Crippen LogP contribution in [-0.2, 0) is 0 Å². The summed E-state index contributed by atoms with van der Waals surface area (Å²) in [6, 6.07) is 2.44. The summed E-state index contributed by atoms with van der Waals surface area (Å²) in [4.78, 5) is 0. The number of halogens is 1. The Hall–Kier alpha value is -1.13. The smallest absolute Gasteiger partial charge is 0.129 e. The van der Waals surface area contributed by atoms with Crippen molar-refractivity contribution in [2.45, 2.75) is 19.4 Å². The van der Waals surface area contributed by atoms with E-state index in [2.05, 4.69) is 0 Å². The first kappa shape index (κ1) is 10.9. The summed E-state index contributed by atoms with van der Waals surface area (Å²) >= 11 is 0. The van der Waals surface area contributed by atoms with Crippen molar-refractivity contribution < 1.29 is 14.6 Å². The normalized spacial score (nSPS) is 12.9. The van der Waals surface area contributed by atoms with Crippen molar-refractivity contribution >= 4 is 0 Å². The lowest BCUT2D eigenvalue weighted by Crippen LogP contribution is -2.08. The molecule has 14 heavy (non-hydrogen) atoms. The van der Waals surface area contributed by atoms with Gasteiger partial charge in [0.25, 0.3) is 0 Å². The molecule has 0 saturated heterocycles. The number of rotatable bonds is 3. The number of benzene rings is 1. The van der Waals surface area contributed by atoms with Crippen molar-refractivity contribution in [3.63, 3.8) is 0 Å². The number of phenolic OH excluding ortho intramolecular Hbond substituents is 1. The molecule has 0 aliphatic heterocycles. The minimum Gasteiger partial charge on any atom is -0.508 e. The van der Waals surface area contributed by atoms with E-state index in [0.29, 0.717) is 5.56 Å². The summed E-state index contributed by atoms with van der Waals surface area (Å²) in [7, 11) is 0. The van der Waals surface area contributed by atoms with Crippen LogP contribution < -0.4 is 5.73 Å². The van der Waals surface area contributed by atoms with Crippen molar-refractivity contribution in [2.24, 2.45) is 5.73 Å². The molecule has 1 aromatic rings. The Balaban J connectivity index is 3.02. The fourth-order valence-corrected chi connectivity index (χ4v) is 1.25. The molecule has 4 heteroatoms. The highest BCUT2D eigenvalue weighted by atomic mass is 19.1. The van der Waals surface area contributed by atoms with Gasteiger partial charge in [-0.1, -0.05) is 0 Å². The van der Waals surface area contributed by atoms with Crippen LogP contribution in [0.25, 0.3) is 0 Å². The van der Waals surface area contributed by atoms with Crippen LogP contribution in [0.15, 0.2) is 12.1 Å². The topological polar surface area (TPSA) is 66.5 Å². The van der Waals surface area contributed by atoms with E-state index < -0.39 is 11.9 Å². The molecule has 0 aliphatic carbocycles. The quantitative estimate of drug-likeness (QED) is 0.685. The summed E-state index contributed by atoms with van der Waals surface area (Å²) in [6.45, 7) is 1.87. The summed E-state index contributed by atoms with van der Waals surface area (Å²) in [5, 5.41) is 18.8. The van der Waals surface area contributed by atoms with Crippen molar-refractivity contribution in [3.05, 3.63) is 29.1 Å². The van der Waals surface area contributed by atoms with Crippen molar-refractivity contribution in [3.8, 4) is 5.75 Å².